The minimum atomic E-state index is -0.112. The second-order valence-electron chi connectivity index (χ2n) is 8.71. The summed E-state index contributed by atoms with van der Waals surface area (Å²) in [5.74, 6) is 0.466. The van der Waals surface area contributed by atoms with Crippen LogP contribution < -0.4 is 0 Å². The summed E-state index contributed by atoms with van der Waals surface area (Å²) in [4.78, 5) is 46.8. The highest BCUT2D eigenvalue weighted by molar-refractivity contribution is 5.88. The van der Waals surface area contributed by atoms with Crippen molar-refractivity contribution in [3.63, 3.8) is 0 Å². The number of hydrogen-bond acceptors (Lipinski definition) is 5. The van der Waals surface area contributed by atoms with E-state index in [4.69, 9.17) is 4.74 Å². The highest BCUT2D eigenvalue weighted by Gasteiger charge is 2.31. The van der Waals surface area contributed by atoms with Crippen molar-refractivity contribution in [1.29, 1.82) is 0 Å². The van der Waals surface area contributed by atoms with Gasteiger partial charge in [0.25, 0.3) is 0 Å². The Labute approximate surface area is 174 Å². The Hall–Kier alpha value is -1.78. The second-order valence-corrected chi connectivity index (χ2v) is 8.71. The fourth-order valence-electron chi connectivity index (χ4n) is 4.51. The molecule has 0 atom stereocenters. The summed E-state index contributed by atoms with van der Waals surface area (Å²) in [6, 6.07) is 0. The highest BCUT2D eigenvalue weighted by Crippen LogP contribution is 2.32. The molecule has 0 aromatic rings. The Morgan fingerprint density at radius 1 is 0.793 bits per heavy atom. The van der Waals surface area contributed by atoms with Crippen LogP contribution in [-0.4, -0.2) is 29.9 Å². The number of ketones is 2. The molecule has 0 N–H and O–H groups in total. The van der Waals surface area contributed by atoms with Crippen LogP contribution in [0.4, 0.5) is 0 Å². The van der Waals surface area contributed by atoms with E-state index in [1.54, 1.807) is 0 Å². The molecule has 0 aromatic carbocycles. The topological polar surface area (TPSA) is 77.5 Å². The number of rotatable bonds is 12. The van der Waals surface area contributed by atoms with Crippen LogP contribution >= 0.6 is 0 Å². The van der Waals surface area contributed by atoms with Gasteiger partial charge in [-0.3, -0.25) is 14.4 Å². The van der Waals surface area contributed by atoms with E-state index in [0.29, 0.717) is 18.6 Å². The first-order chi connectivity index (χ1) is 14.0. The van der Waals surface area contributed by atoms with E-state index in [0.717, 1.165) is 83.3 Å². The third-order valence-corrected chi connectivity index (χ3v) is 6.53. The fourth-order valence-corrected chi connectivity index (χ4v) is 4.51. The minimum Gasteiger partial charge on any atom is -0.462 e. The molecule has 0 bridgehead atoms. The zero-order valence-electron chi connectivity index (χ0n) is 17.6. The highest BCUT2D eigenvalue weighted by atomic mass is 16.5. The molecular weight excluding hydrogens is 368 g/mol. The van der Waals surface area contributed by atoms with Gasteiger partial charge in [-0.2, -0.15) is 0 Å². The number of allylic oxidation sites excluding steroid dienone is 1. The normalized spacial score (nSPS) is 27.0. The van der Waals surface area contributed by atoms with Crippen LogP contribution in [0.15, 0.2) is 12.7 Å². The van der Waals surface area contributed by atoms with E-state index in [9.17, 15) is 19.2 Å². The first kappa shape index (κ1) is 23.5. The molecule has 162 valence electrons. The van der Waals surface area contributed by atoms with Gasteiger partial charge in [0.15, 0.2) is 5.78 Å². The number of Topliss-reactive ketones (excluding diaryl/α,β-unsaturated/α-hetero) is 1. The fraction of sp³-hybridized carbons (Fsp3) is 0.750. The third-order valence-electron chi connectivity index (χ3n) is 6.53. The van der Waals surface area contributed by atoms with Crippen LogP contribution in [0.1, 0.15) is 89.9 Å². The molecule has 0 aliphatic heterocycles. The molecule has 0 radical (unpaired) electrons. The van der Waals surface area contributed by atoms with Crippen molar-refractivity contribution >= 4 is 23.8 Å². The maximum Gasteiger partial charge on any atom is 0.309 e. The lowest BCUT2D eigenvalue weighted by Gasteiger charge is -2.30. The van der Waals surface area contributed by atoms with Gasteiger partial charge in [0, 0.05) is 24.7 Å². The molecule has 0 spiro atoms. The van der Waals surface area contributed by atoms with Gasteiger partial charge in [0.1, 0.15) is 18.2 Å². The van der Waals surface area contributed by atoms with E-state index in [1.807, 2.05) is 0 Å². The van der Waals surface area contributed by atoms with Crippen molar-refractivity contribution < 1.29 is 23.9 Å². The molecule has 5 heteroatoms. The minimum absolute atomic E-state index is 0.0576. The monoisotopic (exact) mass is 404 g/mol. The smallest absolute Gasteiger partial charge is 0.309 e. The van der Waals surface area contributed by atoms with Crippen molar-refractivity contribution in [2.75, 3.05) is 0 Å². The number of esters is 1. The first-order valence-electron chi connectivity index (χ1n) is 11.4. The lowest BCUT2D eigenvalue weighted by atomic mass is 9.82. The summed E-state index contributed by atoms with van der Waals surface area (Å²) in [7, 11) is 0. The van der Waals surface area contributed by atoms with Gasteiger partial charge in [0.05, 0.1) is 5.92 Å². The maximum atomic E-state index is 12.4. The lowest BCUT2D eigenvalue weighted by molar-refractivity contribution is -0.157. The predicted octanol–water partition coefficient (Wildman–Crippen LogP) is 4.76. The maximum absolute atomic E-state index is 12.4. The van der Waals surface area contributed by atoms with Crippen LogP contribution in [0.3, 0.4) is 0 Å². The van der Waals surface area contributed by atoms with Crippen LogP contribution in [0.2, 0.25) is 0 Å². The number of carbonyl (C=O) groups is 4. The molecule has 0 amide bonds. The number of unbranched alkanes of at least 4 members (excludes halogenated alkanes) is 3. The molecule has 2 aliphatic carbocycles. The number of hydrogen-bond donors (Lipinski definition) is 0. The van der Waals surface area contributed by atoms with Gasteiger partial charge >= 0.3 is 5.97 Å². The average molecular weight is 405 g/mol. The molecule has 0 aromatic heterocycles. The molecular formula is C24H36O5. The van der Waals surface area contributed by atoms with Crippen molar-refractivity contribution in [3.05, 3.63) is 12.7 Å². The molecule has 0 heterocycles. The summed E-state index contributed by atoms with van der Waals surface area (Å²) >= 11 is 0. The molecule has 5 nitrogen and oxygen atoms in total. The lowest BCUT2D eigenvalue weighted by Crippen LogP contribution is -2.31. The predicted molar refractivity (Wildman–Crippen MR) is 111 cm³/mol. The Bertz CT molecular complexity index is 566. The summed E-state index contributed by atoms with van der Waals surface area (Å²) in [5, 5.41) is 0. The second kappa shape index (κ2) is 12.7. The zero-order valence-corrected chi connectivity index (χ0v) is 17.6. The Morgan fingerprint density at radius 2 is 1.38 bits per heavy atom. The summed E-state index contributed by atoms with van der Waals surface area (Å²) < 4.78 is 5.71. The average Bonchev–Trinajstić information content (AvgIpc) is 2.76. The Kier molecular flexibility index (Phi) is 10.3. The third kappa shape index (κ3) is 8.23. The molecule has 2 fully saturated rings. The molecule has 2 rings (SSSR count). The van der Waals surface area contributed by atoms with Gasteiger partial charge in [-0.05, 0) is 70.3 Å². The van der Waals surface area contributed by atoms with Gasteiger partial charge in [-0.25, -0.2) is 0 Å². The van der Waals surface area contributed by atoms with Crippen LogP contribution in [0.5, 0.6) is 0 Å². The van der Waals surface area contributed by atoms with Gasteiger partial charge < -0.3 is 9.53 Å². The van der Waals surface area contributed by atoms with E-state index in [-0.39, 0.29) is 35.6 Å². The van der Waals surface area contributed by atoms with Gasteiger partial charge in [-0.15, -0.1) is 0 Å². The van der Waals surface area contributed by atoms with Crippen LogP contribution in [0.25, 0.3) is 0 Å². The Morgan fingerprint density at radius 3 is 1.97 bits per heavy atom. The molecule has 0 unspecified atom stereocenters. The van der Waals surface area contributed by atoms with Crippen LogP contribution in [-0.2, 0) is 23.9 Å². The van der Waals surface area contributed by atoms with Crippen molar-refractivity contribution in [3.8, 4) is 0 Å². The molecule has 2 aliphatic rings. The SMILES string of the molecule is C=CC(=O)CCCCCCC(=O)C1CCC(OC(=O)C2CCC(C=O)CC2)CC1. The van der Waals surface area contributed by atoms with Crippen molar-refractivity contribution in [1.82, 2.24) is 0 Å². The number of ether oxygens (including phenoxy) is 1. The Balaban J connectivity index is 1.56. The number of carbonyl (C=O) groups excluding carboxylic acids is 4. The molecule has 29 heavy (non-hydrogen) atoms. The molecule has 0 saturated heterocycles. The van der Waals surface area contributed by atoms with Crippen LogP contribution in [0, 0.1) is 17.8 Å². The quantitative estimate of drug-likeness (QED) is 0.203. The zero-order chi connectivity index (χ0) is 21.1. The summed E-state index contributed by atoms with van der Waals surface area (Å²) in [6.45, 7) is 3.47. The molecule has 2 saturated carbocycles. The van der Waals surface area contributed by atoms with E-state index < -0.39 is 0 Å². The van der Waals surface area contributed by atoms with E-state index in [2.05, 4.69) is 6.58 Å². The van der Waals surface area contributed by atoms with Gasteiger partial charge in [-0.1, -0.05) is 19.4 Å². The standard InChI is InChI=1S/C24H36O5/c1-2-21(26)7-5-3-4-6-8-23(27)19-13-15-22(16-14-19)29-24(28)20-11-9-18(17-25)10-12-20/h2,17-20,22H,1,3-16H2. The van der Waals surface area contributed by atoms with E-state index >= 15 is 0 Å². The number of aldehydes is 1. The van der Waals surface area contributed by atoms with Crippen molar-refractivity contribution in [2.45, 2.75) is 96.0 Å². The first-order valence-corrected chi connectivity index (χ1v) is 11.4. The summed E-state index contributed by atoms with van der Waals surface area (Å²) in [5.41, 5.74) is 0. The largest absolute Gasteiger partial charge is 0.462 e. The van der Waals surface area contributed by atoms with Crippen molar-refractivity contribution in [2.24, 2.45) is 17.8 Å². The summed E-state index contributed by atoms with van der Waals surface area (Å²) in [6.07, 6.45) is 13.4. The van der Waals surface area contributed by atoms with E-state index in [1.165, 1.54) is 6.08 Å². The van der Waals surface area contributed by atoms with Gasteiger partial charge in [0.2, 0.25) is 0 Å².